The minimum absolute atomic E-state index is 0.0694. The van der Waals surface area contributed by atoms with Gasteiger partial charge in [0, 0.05) is 7.11 Å². The van der Waals surface area contributed by atoms with Gasteiger partial charge in [-0.1, -0.05) is 19.9 Å². The van der Waals surface area contributed by atoms with E-state index in [0.29, 0.717) is 0 Å². The second-order valence-corrected chi connectivity index (χ2v) is 2.18. The third-order valence-corrected chi connectivity index (χ3v) is 1.98. The molecule has 0 spiro atoms. The van der Waals surface area contributed by atoms with Gasteiger partial charge < -0.3 is 4.74 Å². The molecule has 54 valence electrons. The minimum Gasteiger partial charge on any atom is -0.374 e. The molecule has 0 aliphatic heterocycles. The van der Waals surface area contributed by atoms with Crippen molar-refractivity contribution in [2.45, 2.75) is 32.3 Å². The van der Waals surface area contributed by atoms with Gasteiger partial charge in [0.2, 0.25) is 0 Å². The summed E-state index contributed by atoms with van der Waals surface area (Å²) < 4.78 is 5.27. The van der Waals surface area contributed by atoms with Gasteiger partial charge in [0.1, 0.15) is 0 Å². The number of hydrogen-bond acceptors (Lipinski definition) is 1. The Morgan fingerprint density at radius 3 is 1.89 bits per heavy atom. The molecule has 0 aromatic heterocycles. The maximum atomic E-state index is 5.27. The fourth-order valence-corrected chi connectivity index (χ4v) is 0.911. The maximum absolute atomic E-state index is 5.27. The predicted octanol–water partition coefficient (Wildman–Crippen LogP) is 2.38. The zero-order valence-corrected chi connectivity index (χ0v) is 6.61. The standard InChI is InChI=1S/C8H16O/c1-5-8(6-2,7-3)9-4/h5H,1,6-7H2,2-4H3. The zero-order valence-electron chi connectivity index (χ0n) is 6.61. The van der Waals surface area contributed by atoms with Crippen LogP contribution in [0.25, 0.3) is 0 Å². The van der Waals surface area contributed by atoms with E-state index in [-0.39, 0.29) is 5.60 Å². The number of methoxy groups -OCH3 is 1. The second kappa shape index (κ2) is 3.67. The van der Waals surface area contributed by atoms with Crippen LogP contribution in [-0.2, 0) is 4.74 Å². The molecule has 1 heteroatoms. The molecule has 0 fully saturated rings. The number of rotatable bonds is 4. The van der Waals surface area contributed by atoms with E-state index in [1.165, 1.54) is 0 Å². The molecule has 0 aromatic carbocycles. The van der Waals surface area contributed by atoms with E-state index in [9.17, 15) is 0 Å². The van der Waals surface area contributed by atoms with Crippen molar-refractivity contribution < 1.29 is 4.74 Å². The van der Waals surface area contributed by atoms with Crippen molar-refractivity contribution in [1.82, 2.24) is 0 Å². The van der Waals surface area contributed by atoms with Crippen molar-refractivity contribution in [2.24, 2.45) is 0 Å². The van der Waals surface area contributed by atoms with Crippen LogP contribution in [0, 0.1) is 0 Å². The lowest BCUT2D eigenvalue weighted by molar-refractivity contribution is 0.0262. The van der Waals surface area contributed by atoms with Crippen LogP contribution in [0.5, 0.6) is 0 Å². The zero-order chi connectivity index (χ0) is 7.33. The van der Waals surface area contributed by atoms with Gasteiger partial charge in [-0.25, -0.2) is 0 Å². The SMILES string of the molecule is C=CC(CC)(CC)OC. The van der Waals surface area contributed by atoms with Crippen LogP contribution < -0.4 is 0 Å². The monoisotopic (exact) mass is 128 g/mol. The Hall–Kier alpha value is -0.300. The smallest absolute Gasteiger partial charge is 0.0850 e. The summed E-state index contributed by atoms with van der Waals surface area (Å²) in [5.74, 6) is 0. The molecule has 0 atom stereocenters. The second-order valence-electron chi connectivity index (χ2n) is 2.18. The Balaban J connectivity index is 3.98. The van der Waals surface area contributed by atoms with Crippen LogP contribution in [0.1, 0.15) is 26.7 Å². The lowest BCUT2D eigenvalue weighted by Gasteiger charge is -2.25. The van der Waals surface area contributed by atoms with E-state index < -0.39 is 0 Å². The Morgan fingerprint density at radius 2 is 1.89 bits per heavy atom. The number of ether oxygens (including phenoxy) is 1. The highest BCUT2D eigenvalue weighted by molar-refractivity contribution is 4.94. The first kappa shape index (κ1) is 8.70. The molecule has 0 aromatic rings. The predicted molar refractivity (Wildman–Crippen MR) is 40.5 cm³/mol. The maximum Gasteiger partial charge on any atom is 0.0850 e. The Bertz CT molecular complexity index is 74.3. The minimum atomic E-state index is -0.0694. The number of hydrogen-bond donors (Lipinski definition) is 0. The molecule has 0 N–H and O–H groups in total. The molecule has 0 saturated carbocycles. The molecule has 0 aliphatic rings. The molecule has 0 saturated heterocycles. The van der Waals surface area contributed by atoms with Crippen molar-refractivity contribution in [2.75, 3.05) is 7.11 Å². The van der Waals surface area contributed by atoms with Gasteiger partial charge in [-0.15, -0.1) is 6.58 Å². The van der Waals surface area contributed by atoms with E-state index in [1.54, 1.807) is 7.11 Å². The third kappa shape index (κ3) is 1.83. The molecule has 9 heavy (non-hydrogen) atoms. The average Bonchev–Trinajstić information content (AvgIpc) is 1.95. The van der Waals surface area contributed by atoms with E-state index in [2.05, 4.69) is 20.4 Å². The van der Waals surface area contributed by atoms with Crippen molar-refractivity contribution in [3.63, 3.8) is 0 Å². The van der Waals surface area contributed by atoms with E-state index in [1.807, 2.05) is 6.08 Å². The van der Waals surface area contributed by atoms with Crippen molar-refractivity contribution in [3.8, 4) is 0 Å². The Labute approximate surface area is 57.7 Å². The largest absolute Gasteiger partial charge is 0.374 e. The average molecular weight is 128 g/mol. The van der Waals surface area contributed by atoms with E-state index in [4.69, 9.17) is 4.74 Å². The van der Waals surface area contributed by atoms with Gasteiger partial charge >= 0.3 is 0 Å². The topological polar surface area (TPSA) is 9.23 Å². The summed E-state index contributed by atoms with van der Waals surface area (Å²) in [5, 5.41) is 0. The molecule has 0 heterocycles. The molecule has 0 amide bonds. The first-order valence-electron chi connectivity index (χ1n) is 3.43. The Morgan fingerprint density at radius 1 is 1.44 bits per heavy atom. The van der Waals surface area contributed by atoms with Gasteiger partial charge in [-0.05, 0) is 12.8 Å². The first-order chi connectivity index (χ1) is 4.24. The van der Waals surface area contributed by atoms with Gasteiger partial charge in [0.05, 0.1) is 5.60 Å². The van der Waals surface area contributed by atoms with Gasteiger partial charge in [0.15, 0.2) is 0 Å². The van der Waals surface area contributed by atoms with Crippen LogP contribution in [0.3, 0.4) is 0 Å². The quantitative estimate of drug-likeness (QED) is 0.528. The van der Waals surface area contributed by atoms with Crippen molar-refractivity contribution >= 4 is 0 Å². The van der Waals surface area contributed by atoms with Gasteiger partial charge in [0.25, 0.3) is 0 Å². The summed E-state index contributed by atoms with van der Waals surface area (Å²) in [6.07, 6.45) is 3.89. The fourth-order valence-electron chi connectivity index (χ4n) is 0.911. The van der Waals surface area contributed by atoms with Crippen LogP contribution in [0.4, 0.5) is 0 Å². The lowest BCUT2D eigenvalue weighted by Crippen LogP contribution is -2.25. The summed E-state index contributed by atoms with van der Waals surface area (Å²) >= 11 is 0. The molecule has 0 aliphatic carbocycles. The van der Waals surface area contributed by atoms with E-state index in [0.717, 1.165) is 12.8 Å². The van der Waals surface area contributed by atoms with E-state index >= 15 is 0 Å². The highest BCUT2D eigenvalue weighted by atomic mass is 16.5. The third-order valence-electron chi connectivity index (χ3n) is 1.98. The highest BCUT2D eigenvalue weighted by Gasteiger charge is 2.19. The lowest BCUT2D eigenvalue weighted by atomic mass is 9.98. The summed E-state index contributed by atoms with van der Waals surface area (Å²) in [5.41, 5.74) is -0.0694. The van der Waals surface area contributed by atoms with Crippen molar-refractivity contribution in [3.05, 3.63) is 12.7 Å². The molecule has 0 rings (SSSR count). The molecular formula is C8H16O. The Kier molecular flexibility index (Phi) is 3.55. The van der Waals surface area contributed by atoms with Crippen LogP contribution in [0.2, 0.25) is 0 Å². The van der Waals surface area contributed by atoms with Crippen LogP contribution >= 0.6 is 0 Å². The highest BCUT2D eigenvalue weighted by Crippen LogP contribution is 2.19. The molecule has 0 bridgehead atoms. The van der Waals surface area contributed by atoms with Crippen molar-refractivity contribution in [1.29, 1.82) is 0 Å². The summed E-state index contributed by atoms with van der Waals surface area (Å²) in [6, 6.07) is 0. The molecule has 0 radical (unpaired) electrons. The first-order valence-corrected chi connectivity index (χ1v) is 3.43. The fraction of sp³-hybridized carbons (Fsp3) is 0.750. The van der Waals surface area contributed by atoms with Gasteiger partial charge in [-0.3, -0.25) is 0 Å². The van der Waals surface area contributed by atoms with Crippen LogP contribution in [-0.4, -0.2) is 12.7 Å². The summed E-state index contributed by atoms with van der Waals surface area (Å²) in [6.45, 7) is 7.93. The summed E-state index contributed by atoms with van der Waals surface area (Å²) in [4.78, 5) is 0. The summed E-state index contributed by atoms with van der Waals surface area (Å²) in [7, 11) is 1.73. The van der Waals surface area contributed by atoms with Gasteiger partial charge in [-0.2, -0.15) is 0 Å². The normalized spacial score (nSPS) is 11.4. The molecule has 0 unspecified atom stereocenters. The molecular weight excluding hydrogens is 112 g/mol. The van der Waals surface area contributed by atoms with Crippen LogP contribution in [0.15, 0.2) is 12.7 Å². The molecule has 1 nitrogen and oxygen atoms in total.